The maximum atomic E-state index is 12.8. The minimum absolute atomic E-state index is 0.191. The van der Waals surface area contributed by atoms with Crippen LogP contribution in [0.5, 0.6) is 5.75 Å². The number of alkyl halides is 2. The van der Waals surface area contributed by atoms with Crippen LogP contribution in [0.1, 0.15) is 19.4 Å². The first kappa shape index (κ1) is 23.8. The summed E-state index contributed by atoms with van der Waals surface area (Å²) in [6, 6.07) is 9.62. The molecular weight excluding hydrogens is 468 g/mol. The highest BCUT2D eigenvalue weighted by atomic mass is 32.2. The van der Waals surface area contributed by atoms with E-state index >= 15 is 0 Å². The Morgan fingerprint density at radius 2 is 1.94 bits per heavy atom. The highest BCUT2D eigenvalue weighted by molar-refractivity contribution is 7.88. The third-order valence-electron chi connectivity index (χ3n) is 4.89. The summed E-state index contributed by atoms with van der Waals surface area (Å²) in [6.45, 7) is 0.657. The zero-order valence-electron chi connectivity index (χ0n) is 18.4. The van der Waals surface area contributed by atoms with Gasteiger partial charge in [-0.05, 0) is 49.2 Å². The van der Waals surface area contributed by atoms with Gasteiger partial charge in [-0.1, -0.05) is 6.07 Å². The molecule has 4 rings (SSSR count). The molecule has 0 saturated carbocycles. The lowest BCUT2D eigenvalue weighted by Gasteiger charge is -2.16. The lowest BCUT2D eigenvalue weighted by molar-refractivity contribution is -0.0498. The molecular formula is C22H23F2N5O4S. The smallest absolute Gasteiger partial charge is 0.387 e. The van der Waals surface area contributed by atoms with Crippen molar-refractivity contribution in [3.8, 4) is 22.6 Å². The molecule has 0 atom stereocenters. The van der Waals surface area contributed by atoms with E-state index in [4.69, 9.17) is 5.14 Å². The summed E-state index contributed by atoms with van der Waals surface area (Å²) in [7, 11) is -3.89. The van der Waals surface area contributed by atoms with Crippen molar-refractivity contribution in [2.45, 2.75) is 38.4 Å². The highest BCUT2D eigenvalue weighted by Crippen LogP contribution is 2.28. The average molecular weight is 492 g/mol. The van der Waals surface area contributed by atoms with E-state index in [2.05, 4.69) is 14.8 Å². The van der Waals surface area contributed by atoms with Gasteiger partial charge in [-0.15, -0.1) is 0 Å². The first-order chi connectivity index (χ1) is 15.9. The van der Waals surface area contributed by atoms with Crippen LogP contribution >= 0.6 is 0 Å². The molecule has 12 heteroatoms. The number of nitrogens with two attached hydrogens (primary N) is 1. The third-order valence-corrected chi connectivity index (χ3v) is 5.62. The molecule has 0 spiro atoms. The number of nitrogens with zero attached hydrogens (tertiary/aromatic N) is 4. The summed E-state index contributed by atoms with van der Waals surface area (Å²) in [6.07, 6.45) is 5.02. The Hall–Kier alpha value is -3.35. The van der Waals surface area contributed by atoms with Crippen molar-refractivity contribution < 1.29 is 27.0 Å². The van der Waals surface area contributed by atoms with Crippen LogP contribution in [-0.2, 0) is 22.3 Å². The van der Waals surface area contributed by atoms with Gasteiger partial charge < -0.3 is 9.84 Å². The summed E-state index contributed by atoms with van der Waals surface area (Å²) >= 11 is 0. The van der Waals surface area contributed by atoms with E-state index in [1.165, 1.54) is 24.5 Å². The van der Waals surface area contributed by atoms with Gasteiger partial charge in [0.2, 0.25) is 10.0 Å². The molecule has 3 N–H and O–H groups in total. The second-order valence-electron chi connectivity index (χ2n) is 8.58. The molecule has 0 aliphatic rings. The van der Waals surface area contributed by atoms with Crippen LogP contribution in [0.15, 0.2) is 55.1 Å². The van der Waals surface area contributed by atoms with Crippen LogP contribution in [0, 0.1) is 0 Å². The van der Waals surface area contributed by atoms with Gasteiger partial charge in [0.05, 0.1) is 40.8 Å². The standard InChI is InChI=1S/C22H23F2N5O4S/c1-22(2,30)12-28-10-16(9-27-28)15-3-4-20-19(7-15)26-13-29(20)17-5-14(11-34(25,31)32)6-18(8-17)33-21(23)24/h3-10,13,21,30H,11-12H2,1-2H3,(H2,25,31,32). The normalized spacial score (nSPS) is 12.6. The minimum Gasteiger partial charge on any atom is -0.435 e. The van der Waals surface area contributed by atoms with Gasteiger partial charge in [0.1, 0.15) is 12.1 Å². The van der Waals surface area contributed by atoms with Gasteiger partial charge in [0.25, 0.3) is 0 Å². The number of aromatic nitrogens is 4. The summed E-state index contributed by atoms with van der Waals surface area (Å²) in [5.41, 5.74) is 2.67. The van der Waals surface area contributed by atoms with Crippen molar-refractivity contribution in [3.05, 3.63) is 60.7 Å². The van der Waals surface area contributed by atoms with Gasteiger partial charge in [0.15, 0.2) is 0 Å². The number of fused-ring (bicyclic) bond motifs is 1. The Morgan fingerprint density at radius 3 is 2.62 bits per heavy atom. The Kier molecular flexibility index (Phi) is 6.14. The van der Waals surface area contributed by atoms with Gasteiger partial charge in [0, 0.05) is 17.8 Å². The third kappa shape index (κ3) is 5.76. The monoisotopic (exact) mass is 491 g/mol. The van der Waals surface area contributed by atoms with Crippen molar-refractivity contribution in [2.24, 2.45) is 5.14 Å². The molecule has 0 radical (unpaired) electrons. The highest BCUT2D eigenvalue weighted by Gasteiger charge is 2.16. The summed E-state index contributed by atoms with van der Waals surface area (Å²) < 4.78 is 56.5. The maximum Gasteiger partial charge on any atom is 0.387 e. The first-order valence-electron chi connectivity index (χ1n) is 10.2. The number of benzene rings is 2. The predicted octanol–water partition coefficient (Wildman–Crippen LogP) is 3.05. The topological polar surface area (TPSA) is 125 Å². The number of primary sulfonamides is 1. The predicted molar refractivity (Wildman–Crippen MR) is 122 cm³/mol. The van der Waals surface area contributed by atoms with Crippen molar-refractivity contribution in [3.63, 3.8) is 0 Å². The first-order valence-corrected chi connectivity index (χ1v) is 11.9. The van der Waals surface area contributed by atoms with E-state index in [0.717, 1.165) is 11.1 Å². The zero-order valence-corrected chi connectivity index (χ0v) is 19.2. The molecule has 0 amide bonds. The Balaban J connectivity index is 1.71. The average Bonchev–Trinajstić information content (AvgIpc) is 3.30. The molecule has 0 aliphatic heterocycles. The lowest BCUT2D eigenvalue weighted by atomic mass is 10.1. The fourth-order valence-electron chi connectivity index (χ4n) is 3.66. The Labute approximate surface area is 194 Å². The molecule has 2 aromatic heterocycles. The van der Waals surface area contributed by atoms with Crippen LogP contribution in [0.2, 0.25) is 0 Å². The van der Waals surface area contributed by atoms with Gasteiger partial charge in [-0.3, -0.25) is 9.25 Å². The van der Waals surface area contributed by atoms with Gasteiger partial charge in [-0.2, -0.15) is 13.9 Å². The lowest BCUT2D eigenvalue weighted by Crippen LogP contribution is -2.26. The second kappa shape index (κ2) is 8.78. The molecule has 4 aromatic rings. The van der Waals surface area contributed by atoms with Crippen LogP contribution < -0.4 is 9.88 Å². The van der Waals surface area contributed by atoms with Crippen molar-refractivity contribution >= 4 is 21.1 Å². The quantitative estimate of drug-likeness (QED) is 0.390. The molecule has 0 bridgehead atoms. The van der Waals surface area contributed by atoms with E-state index in [1.807, 2.05) is 24.4 Å². The molecule has 0 saturated heterocycles. The Morgan fingerprint density at radius 1 is 1.18 bits per heavy atom. The number of imidazole rings is 1. The minimum atomic E-state index is -3.89. The molecule has 2 aromatic carbocycles. The van der Waals surface area contributed by atoms with Gasteiger partial charge >= 0.3 is 6.61 Å². The number of sulfonamides is 1. The number of ether oxygens (including phenoxy) is 1. The molecule has 0 fully saturated rings. The van der Waals surface area contributed by atoms with Crippen molar-refractivity contribution in [2.75, 3.05) is 0 Å². The van der Waals surface area contributed by atoms with Crippen LogP contribution in [0.3, 0.4) is 0 Å². The fraction of sp³-hybridized carbons (Fsp3) is 0.273. The van der Waals surface area contributed by atoms with E-state index in [9.17, 15) is 22.3 Å². The zero-order chi connectivity index (χ0) is 24.7. The summed E-state index contributed by atoms with van der Waals surface area (Å²) in [5, 5.41) is 19.4. The van der Waals surface area contributed by atoms with Gasteiger partial charge in [-0.25, -0.2) is 18.5 Å². The molecule has 9 nitrogen and oxygen atoms in total. The molecule has 2 heterocycles. The number of rotatable bonds is 8. The number of aliphatic hydroxyl groups is 1. The summed E-state index contributed by atoms with van der Waals surface area (Å²) in [4.78, 5) is 4.41. The number of hydrogen-bond acceptors (Lipinski definition) is 6. The van der Waals surface area contributed by atoms with Crippen molar-refractivity contribution in [1.29, 1.82) is 0 Å². The fourth-order valence-corrected chi connectivity index (χ4v) is 4.29. The molecule has 0 unspecified atom stereocenters. The Bertz CT molecular complexity index is 1440. The molecule has 0 aliphatic carbocycles. The summed E-state index contributed by atoms with van der Waals surface area (Å²) in [5.74, 6) is -0.727. The molecule has 180 valence electrons. The van der Waals surface area contributed by atoms with Crippen LogP contribution in [0.25, 0.3) is 27.8 Å². The largest absolute Gasteiger partial charge is 0.435 e. The van der Waals surface area contributed by atoms with E-state index in [0.29, 0.717) is 23.3 Å². The van der Waals surface area contributed by atoms with E-state index in [-0.39, 0.29) is 11.3 Å². The van der Waals surface area contributed by atoms with Crippen LogP contribution in [-0.4, -0.2) is 45.1 Å². The van der Waals surface area contributed by atoms with Crippen molar-refractivity contribution in [1.82, 2.24) is 19.3 Å². The molecule has 34 heavy (non-hydrogen) atoms. The second-order valence-corrected chi connectivity index (χ2v) is 10.2. The van der Waals surface area contributed by atoms with Crippen LogP contribution in [0.4, 0.5) is 8.78 Å². The van der Waals surface area contributed by atoms with E-state index in [1.54, 1.807) is 29.3 Å². The number of halogens is 2. The van der Waals surface area contributed by atoms with E-state index < -0.39 is 28.0 Å². The maximum absolute atomic E-state index is 12.8. The number of hydrogen-bond donors (Lipinski definition) is 2. The SMILES string of the molecule is CC(C)(O)Cn1cc(-c2ccc3c(c2)ncn3-c2cc(CS(N)(=O)=O)cc(OC(F)F)c2)cn1.